The number of hydrogen-bond acceptors (Lipinski definition) is 3. The second-order valence-electron chi connectivity index (χ2n) is 5.16. The number of nitrogens with zero attached hydrogens (tertiary/aromatic N) is 2. The van der Waals surface area contributed by atoms with Gasteiger partial charge in [0.1, 0.15) is 0 Å². The lowest BCUT2D eigenvalue weighted by Gasteiger charge is -2.22. The second-order valence-corrected chi connectivity index (χ2v) is 5.16. The summed E-state index contributed by atoms with van der Waals surface area (Å²) in [6.45, 7) is 1.81. The number of pyridine rings is 1. The van der Waals surface area contributed by atoms with Gasteiger partial charge in [-0.05, 0) is 36.6 Å². The van der Waals surface area contributed by atoms with Crippen molar-refractivity contribution in [1.82, 2.24) is 9.88 Å². The highest BCUT2D eigenvalue weighted by molar-refractivity contribution is 5.46. The highest BCUT2D eigenvalue weighted by Crippen LogP contribution is 2.30. The van der Waals surface area contributed by atoms with E-state index < -0.39 is 0 Å². The molecule has 0 saturated heterocycles. The number of nitrogen functional groups attached to an aromatic ring is 1. The molecule has 1 aromatic heterocycles. The zero-order valence-electron chi connectivity index (χ0n) is 11.0. The van der Waals surface area contributed by atoms with E-state index in [2.05, 4.69) is 28.1 Å². The lowest BCUT2D eigenvalue weighted by atomic mass is 10.1. The van der Waals surface area contributed by atoms with Gasteiger partial charge in [0.25, 0.3) is 0 Å². The van der Waals surface area contributed by atoms with Crippen LogP contribution in [0.25, 0.3) is 0 Å². The average Bonchev–Trinajstić information content (AvgIpc) is 3.26. The number of hydrogen-bond donors (Lipinski definition) is 1. The Morgan fingerprint density at radius 3 is 2.53 bits per heavy atom. The lowest BCUT2D eigenvalue weighted by molar-refractivity contribution is 0.243. The van der Waals surface area contributed by atoms with Crippen LogP contribution < -0.4 is 5.73 Å². The van der Waals surface area contributed by atoms with Crippen molar-refractivity contribution in [2.45, 2.75) is 32.0 Å². The largest absolute Gasteiger partial charge is 0.398 e. The summed E-state index contributed by atoms with van der Waals surface area (Å²) < 4.78 is 0. The van der Waals surface area contributed by atoms with E-state index in [9.17, 15) is 0 Å². The van der Waals surface area contributed by atoms with Crippen molar-refractivity contribution in [3.05, 3.63) is 59.9 Å². The van der Waals surface area contributed by atoms with E-state index in [4.69, 9.17) is 5.73 Å². The zero-order valence-corrected chi connectivity index (χ0v) is 11.0. The van der Waals surface area contributed by atoms with Gasteiger partial charge in [0.2, 0.25) is 0 Å². The molecule has 1 saturated carbocycles. The van der Waals surface area contributed by atoms with Crippen molar-refractivity contribution in [3.63, 3.8) is 0 Å². The maximum atomic E-state index is 6.04. The standard InChI is InChI=1S/C16H19N3/c17-16-7-2-1-5-13(16)11-19(15-8-9-15)12-14-6-3-4-10-18-14/h1-7,10,15H,8-9,11-12,17H2. The molecule has 1 aliphatic carbocycles. The topological polar surface area (TPSA) is 42.1 Å². The first-order valence-corrected chi connectivity index (χ1v) is 6.80. The molecule has 1 aromatic carbocycles. The van der Waals surface area contributed by atoms with Gasteiger partial charge < -0.3 is 5.73 Å². The SMILES string of the molecule is Nc1ccccc1CN(Cc1ccccn1)C1CC1. The maximum absolute atomic E-state index is 6.04. The molecular formula is C16H19N3. The smallest absolute Gasteiger partial charge is 0.0544 e. The third-order valence-corrected chi connectivity index (χ3v) is 3.58. The van der Waals surface area contributed by atoms with E-state index in [0.29, 0.717) is 6.04 Å². The minimum absolute atomic E-state index is 0.696. The van der Waals surface area contributed by atoms with Gasteiger partial charge in [0.05, 0.1) is 5.69 Å². The number of aromatic nitrogens is 1. The number of para-hydroxylation sites is 1. The quantitative estimate of drug-likeness (QED) is 0.833. The van der Waals surface area contributed by atoms with Crippen molar-refractivity contribution in [2.24, 2.45) is 0 Å². The van der Waals surface area contributed by atoms with E-state index in [0.717, 1.165) is 24.5 Å². The van der Waals surface area contributed by atoms with Crippen LogP contribution in [0.3, 0.4) is 0 Å². The molecule has 0 amide bonds. The average molecular weight is 253 g/mol. The van der Waals surface area contributed by atoms with Crippen LogP contribution in [0.5, 0.6) is 0 Å². The normalized spacial score (nSPS) is 14.8. The van der Waals surface area contributed by atoms with Gasteiger partial charge in [-0.1, -0.05) is 24.3 Å². The molecule has 2 aromatic rings. The Kier molecular flexibility index (Phi) is 3.47. The van der Waals surface area contributed by atoms with Crippen LogP contribution in [0, 0.1) is 0 Å². The predicted molar refractivity (Wildman–Crippen MR) is 77.4 cm³/mol. The highest BCUT2D eigenvalue weighted by atomic mass is 15.2. The van der Waals surface area contributed by atoms with Crippen molar-refractivity contribution in [2.75, 3.05) is 5.73 Å². The molecule has 19 heavy (non-hydrogen) atoms. The molecule has 1 fully saturated rings. The summed E-state index contributed by atoms with van der Waals surface area (Å²) in [5, 5.41) is 0. The third kappa shape index (κ3) is 3.12. The number of benzene rings is 1. The lowest BCUT2D eigenvalue weighted by Crippen LogP contribution is -2.25. The Morgan fingerprint density at radius 2 is 1.84 bits per heavy atom. The van der Waals surface area contributed by atoms with Crippen LogP contribution in [-0.2, 0) is 13.1 Å². The van der Waals surface area contributed by atoms with Crippen LogP contribution in [-0.4, -0.2) is 15.9 Å². The molecule has 2 N–H and O–H groups in total. The van der Waals surface area contributed by atoms with Gasteiger partial charge in [-0.15, -0.1) is 0 Å². The molecule has 0 unspecified atom stereocenters. The fraction of sp³-hybridized carbons (Fsp3) is 0.312. The summed E-state index contributed by atoms with van der Waals surface area (Å²) in [5.74, 6) is 0. The Balaban J connectivity index is 1.73. The summed E-state index contributed by atoms with van der Waals surface area (Å²) in [6.07, 6.45) is 4.44. The summed E-state index contributed by atoms with van der Waals surface area (Å²) in [6, 6.07) is 14.9. The van der Waals surface area contributed by atoms with Crippen LogP contribution in [0.4, 0.5) is 5.69 Å². The molecule has 0 radical (unpaired) electrons. The van der Waals surface area contributed by atoms with Crippen LogP contribution >= 0.6 is 0 Å². The number of anilines is 1. The molecular weight excluding hydrogens is 234 g/mol. The first-order chi connectivity index (χ1) is 9.33. The van der Waals surface area contributed by atoms with Crippen LogP contribution in [0.2, 0.25) is 0 Å². The van der Waals surface area contributed by atoms with Gasteiger partial charge in [-0.2, -0.15) is 0 Å². The molecule has 0 spiro atoms. The number of nitrogens with two attached hydrogens (primary N) is 1. The Bertz CT molecular complexity index is 535. The van der Waals surface area contributed by atoms with Gasteiger partial charge >= 0.3 is 0 Å². The van der Waals surface area contributed by atoms with Gasteiger partial charge in [-0.25, -0.2) is 0 Å². The number of rotatable bonds is 5. The highest BCUT2D eigenvalue weighted by Gasteiger charge is 2.29. The molecule has 1 heterocycles. The van der Waals surface area contributed by atoms with E-state index in [1.54, 1.807) is 0 Å². The van der Waals surface area contributed by atoms with Crippen molar-refractivity contribution in [1.29, 1.82) is 0 Å². The first-order valence-electron chi connectivity index (χ1n) is 6.80. The summed E-state index contributed by atoms with van der Waals surface area (Å²) in [5.41, 5.74) is 9.27. The minimum Gasteiger partial charge on any atom is -0.398 e. The summed E-state index contributed by atoms with van der Waals surface area (Å²) in [4.78, 5) is 6.90. The molecule has 0 bridgehead atoms. The second kappa shape index (κ2) is 5.41. The molecule has 3 rings (SSSR count). The minimum atomic E-state index is 0.696. The third-order valence-electron chi connectivity index (χ3n) is 3.58. The fourth-order valence-corrected chi connectivity index (χ4v) is 2.35. The van der Waals surface area contributed by atoms with Gasteiger partial charge in [0, 0.05) is 31.0 Å². The Hall–Kier alpha value is -1.87. The van der Waals surface area contributed by atoms with Crippen molar-refractivity contribution in [3.8, 4) is 0 Å². The van der Waals surface area contributed by atoms with Crippen LogP contribution in [0.1, 0.15) is 24.1 Å². The van der Waals surface area contributed by atoms with E-state index in [1.807, 2.05) is 30.5 Å². The molecule has 1 aliphatic rings. The monoisotopic (exact) mass is 253 g/mol. The van der Waals surface area contributed by atoms with Gasteiger partial charge in [-0.3, -0.25) is 9.88 Å². The van der Waals surface area contributed by atoms with Gasteiger partial charge in [0.15, 0.2) is 0 Å². The van der Waals surface area contributed by atoms with E-state index in [1.165, 1.54) is 18.4 Å². The predicted octanol–water partition coefficient (Wildman–Crippen LogP) is 2.83. The summed E-state index contributed by atoms with van der Waals surface area (Å²) in [7, 11) is 0. The van der Waals surface area contributed by atoms with E-state index in [-0.39, 0.29) is 0 Å². The Morgan fingerprint density at radius 1 is 1.05 bits per heavy atom. The molecule has 3 nitrogen and oxygen atoms in total. The fourth-order valence-electron chi connectivity index (χ4n) is 2.35. The molecule has 0 aliphatic heterocycles. The van der Waals surface area contributed by atoms with E-state index >= 15 is 0 Å². The molecule has 98 valence electrons. The Labute approximate surface area is 114 Å². The van der Waals surface area contributed by atoms with Crippen LogP contribution in [0.15, 0.2) is 48.7 Å². The van der Waals surface area contributed by atoms with Crippen molar-refractivity contribution >= 4 is 5.69 Å². The zero-order chi connectivity index (χ0) is 13.1. The molecule has 0 atom stereocenters. The maximum Gasteiger partial charge on any atom is 0.0544 e. The van der Waals surface area contributed by atoms with Crippen molar-refractivity contribution < 1.29 is 0 Å². The molecule has 3 heteroatoms. The first kappa shape index (κ1) is 12.2. The summed E-state index contributed by atoms with van der Waals surface area (Å²) >= 11 is 0.